The summed E-state index contributed by atoms with van der Waals surface area (Å²) in [4.78, 5) is 0. The molecular formula is C15H22N2O2S. The minimum atomic E-state index is -3.19. The van der Waals surface area contributed by atoms with E-state index in [1.807, 2.05) is 30.3 Å². The van der Waals surface area contributed by atoms with Gasteiger partial charge in [0.15, 0.2) is 0 Å². The molecule has 2 N–H and O–H groups in total. The summed E-state index contributed by atoms with van der Waals surface area (Å²) in [5.41, 5.74) is 1.14. The minimum Gasteiger partial charge on any atom is -0.315 e. The van der Waals surface area contributed by atoms with E-state index < -0.39 is 10.0 Å². The second-order valence-electron chi connectivity index (χ2n) is 5.85. The van der Waals surface area contributed by atoms with E-state index in [9.17, 15) is 8.42 Å². The number of hydrogen-bond acceptors (Lipinski definition) is 3. The van der Waals surface area contributed by atoms with Crippen molar-refractivity contribution in [3.63, 3.8) is 0 Å². The summed E-state index contributed by atoms with van der Waals surface area (Å²) in [6.45, 7) is 1.75. The molecule has 3 atom stereocenters. The highest BCUT2D eigenvalue weighted by molar-refractivity contribution is 7.90. The lowest BCUT2D eigenvalue weighted by molar-refractivity contribution is 0.520. The van der Waals surface area contributed by atoms with Crippen molar-refractivity contribution in [1.29, 1.82) is 0 Å². The van der Waals surface area contributed by atoms with E-state index in [1.165, 1.54) is 0 Å². The molecule has 2 fully saturated rings. The molecule has 1 heterocycles. The molecule has 1 aliphatic heterocycles. The molecule has 0 amide bonds. The first-order valence-corrected chi connectivity index (χ1v) is 8.98. The maximum absolute atomic E-state index is 12.4. The van der Waals surface area contributed by atoms with Gasteiger partial charge in [0.05, 0.1) is 5.25 Å². The summed E-state index contributed by atoms with van der Waals surface area (Å²) in [6.07, 6.45) is 3.91. The van der Waals surface area contributed by atoms with E-state index in [0.717, 1.165) is 44.3 Å². The van der Waals surface area contributed by atoms with E-state index in [1.54, 1.807) is 0 Å². The monoisotopic (exact) mass is 294 g/mol. The van der Waals surface area contributed by atoms with E-state index in [0.29, 0.717) is 0 Å². The Bertz CT molecular complexity index is 536. The van der Waals surface area contributed by atoms with Crippen LogP contribution in [0.4, 0.5) is 0 Å². The lowest BCUT2D eigenvalue weighted by atomic mass is 10.1. The van der Waals surface area contributed by atoms with Crippen LogP contribution in [-0.2, 0) is 10.0 Å². The molecule has 1 unspecified atom stereocenters. The van der Waals surface area contributed by atoms with E-state index >= 15 is 0 Å². The molecule has 5 heteroatoms. The van der Waals surface area contributed by atoms with Gasteiger partial charge >= 0.3 is 0 Å². The average Bonchev–Trinajstić information content (AvgIpc) is 3.24. The molecule has 0 radical (unpaired) electrons. The van der Waals surface area contributed by atoms with Gasteiger partial charge in [-0.25, -0.2) is 13.1 Å². The van der Waals surface area contributed by atoms with Crippen LogP contribution in [0.5, 0.6) is 0 Å². The summed E-state index contributed by atoms with van der Waals surface area (Å²) in [7, 11) is -3.19. The molecule has 1 saturated carbocycles. The fourth-order valence-electron chi connectivity index (χ4n) is 3.00. The van der Waals surface area contributed by atoms with Crippen LogP contribution < -0.4 is 10.0 Å². The molecule has 1 aromatic rings. The molecule has 1 aromatic carbocycles. The Balaban J connectivity index is 1.62. The predicted octanol–water partition coefficient (Wildman–Crippen LogP) is 1.60. The maximum atomic E-state index is 12.4. The Kier molecular flexibility index (Phi) is 4.10. The van der Waals surface area contributed by atoms with Crippen LogP contribution in [0.2, 0.25) is 0 Å². The van der Waals surface area contributed by atoms with Crippen LogP contribution in [0.25, 0.3) is 0 Å². The largest absolute Gasteiger partial charge is 0.315 e. The van der Waals surface area contributed by atoms with Crippen LogP contribution in [0.15, 0.2) is 30.3 Å². The van der Waals surface area contributed by atoms with Crippen LogP contribution in [0, 0.1) is 0 Å². The van der Waals surface area contributed by atoms with Gasteiger partial charge in [0, 0.05) is 18.5 Å². The molecule has 110 valence electrons. The molecule has 0 bridgehead atoms. The summed E-state index contributed by atoms with van der Waals surface area (Å²) < 4.78 is 27.7. The highest BCUT2D eigenvalue weighted by atomic mass is 32.2. The molecule has 0 aromatic heterocycles. The third kappa shape index (κ3) is 3.22. The van der Waals surface area contributed by atoms with Crippen molar-refractivity contribution in [3.8, 4) is 0 Å². The van der Waals surface area contributed by atoms with Crippen molar-refractivity contribution in [2.75, 3.05) is 13.1 Å². The van der Waals surface area contributed by atoms with Crippen LogP contribution in [0.3, 0.4) is 0 Å². The van der Waals surface area contributed by atoms with Crippen molar-refractivity contribution < 1.29 is 8.42 Å². The normalized spacial score (nSPS) is 30.7. The second kappa shape index (κ2) is 5.84. The van der Waals surface area contributed by atoms with Gasteiger partial charge in [-0.05, 0) is 31.4 Å². The van der Waals surface area contributed by atoms with Gasteiger partial charge < -0.3 is 5.32 Å². The first-order chi connectivity index (χ1) is 9.67. The van der Waals surface area contributed by atoms with Crippen molar-refractivity contribution >= 4 is 10.0 Å². The standard InChI is InChI=1S/C15H22N2O2S/c18-20(19,17-13-8-4-5-9-16-11-13)15-10-14(15)12-6-2-1-3-7-12/h1-3,6-7,13-17H,4-5,8-11H2/t13?,14-,15+/m1/s1. The Labute approximate surface area is 121 Å². The second-order valence-corrected chi connectivity index (χ2v) is 7.78. The van der Waals surface area contributed by atoms with Crippen LogP contribution >= 0.6 is 0 Å². The molecule has 3 rings (SSSR count). The third-order valence-corrected chi connectivity index (χ3v) is 6.22. The highest BCUT2D eigenvalue weighted by Crippen LogP contribution is 2.45. The van der Waals surface area contributed by atoms with Gasteiger partial charge in [-0.3, -0.25) is 0 Å². The Morgan fingerprint density at radius 1 is 1.15 bits per heavy atom. The highest BCUT2D eigenvalue weighted by Gasteiger charge is 2.48. The number of benzene rings is 1. The maximum Gasteiger partial charge on any atom is 0.215 e. The topological polar surface area (TPSA) is 58.2 Å². The molecule has 1 saturated heterocycles. The van der Waals surface area contributed by atoms with Crippen LogP contribution in [-0.4, -0.2) is 32.8 Å². The zero-order valence-corrected chi connectivity index (χ0v) is 12.4. The molecule has 2 aliphatic rings. The number of nitrogens with one attached hydrogen (secondary N) is 2. The smallest absolute Gasteiger partial charge is 0.215 e. The minimum absolute atomic E-state index is 0.0551. The summed E-state index contributed by atoms with van der Waals surface area (Å²) in [6, 6.07) is 10.0. The first-order valence-electron chi connectivity index (χ1n) is 7.43. The number of hydrogen-bond donors (Lipinski definition) is 2. The van der Waals surface area contributed by atoms with Crippen molar-refractivity contribution in [2.24, 2.45) is 0 Å². The van der Waals surface area contributed by atoms with E-state index in [2.05, 4.69) is 10.0 Å². The van der Waals surface area contributed by atoms with Crippen molar-refractivity contribution in [2.45, 2.75) is 42.9 Å². The fourth-order valence-corrected chi connectivity index (χ4v) is 4.90. The van der Waals surface area contributed by atoms with Gasteiger partial charge in [0.25, 0.3) is 0 Å². The average molecular weight is 294 g/mol. The Morgan fingerprint density at radius 2 is 1.95 bits per heavy atom. The summed E-state index contributed by atoms with van der Waals surface area (Å²) in [5, 5.41) is 3.05. The predicted molar refractivity (Wildman–Crippen MR) is 80.2 cm³/mol. The van der Waals surface area contributed by atoms with Gasteiger partial charge in [-0.15, -0.1) is 0 Å². The Hall–Kier alpha value is -0.910. The summed E-state index contributed by atoms with van der Waals surface area (Å²) in [5.74, 6) is 0.174. The van der Waals surface area contributed by atoms with E-state index in [4.69, 9.17) is 0 Å². The molecule has 4 nitrogen and oxygen atoms in total. The zero-order valence-electron chi connectivity index (χ0n) is 11.6. The van der Waals surface area contributed by atoms with Crippen LogP contribution in [0.1, 0.15) is 37.2 Å². The SMILES string of the molecule is O=S(=O)(NC1CCCCNC1)[C@H]1C[C@@H]1c1ccccc1. The Morgan fingerprint density at radius 3 is 2.75 bits per heavy atom. The van der Waals surface area contributed by atoms with Crippen molar-refractivity contribution in [1.82, 2.24) is 10.0 Å². The number of sulfonamides is 1. The molecule has 0 spiro atoms. The first kappa shape index (κ1) is 14.0. The third-order valence-electron chi connectivity index (χ3n) is 4.24. The van der Waals surface area contributed by atoms with Gasteiger partial charge in [0.1, 0.15) is 0 Å². The fraction of sp³-hybridized carbons (Fsp3) is 0.600. The lowest BCUT2D eigenvalue weighted by Crippen LogP contribution is -2.42. The van der Waals surface area contributed by atoms with Gasteiger partial charge in [-0.2, -0.15) is 0 Å². The van der Waals surface area contributed by atoms with Gasteiger partial charge in [-0.1, -0.05) is 36.8 Å². The van der Waals surface area contributed by atoms with E-state index in [-0.39, 0.29) is 17.2 Å². The molecule has 20 heavy (non-hydrogen) atoms. The van der Waals surface area contributed by atoms with Crippen molar-refractivity contribution in [3.05, 3.63) is 35.9 Å². The molecular weight excluding hydrogens is 272 g/mol. The zero-order chi connectivity index (χ0) is 14.0. The number of rotatable bonds is 4. The van der Waals surface area contributed by atoms with Gasteiger partial charge in [0.2, 0.25) is 10.0 Å². The lowest BCUT2D eigenvalue weighted by Gasteiger charge is -2.16. The molecule has 1 aliphatic carbocycles. The summed E-state index contributed by atoms with van der Waals surface area (Å²) >= 11 is 0. The quantitative estimate of drug-likeness (QED) is 0.887.